The minimum absolute atomic E-state index is 0.0161. The van der Waals surface area contributed by atoms with E-state index in [0.29, 0.717) is 6.54 Å². The van der Waals surface area contributed by atoms with Crippen LogP contribution >= 0.6 is 0 Å². The molecule has 11 heavy (non-hydrogen) atoms. The number of likely N-dealkylation sites (N-methyl/N-ethyl adjacent to an activating group) is 1. The Kier molecular flexibility index (Phi) is 5.47. The van der Waals surface area contributed by atoms with Gasteiger partial charge in [0.2, 0.25) is 5.91 Å². The molecule has 3 nitrogen and oxygen atoms in total. The zero-order valence-electron chi connectivity index (χ0n) is 7.08. The third-order valence-electron chi connectivity index (χ3n) is 1.31. The molecular formula is C8H15NO2. The molecule has 0 saturated heterocycles. The Hall–Kier alpha value is -0.830. The van der Waals surface area contributed by atoms with Crippen molar-refractivity contribution in [3.8, 4) is 0 Å². The first-order chi connectivity index (χ1) is 5.22. The predicted molar refractivity (Wildman–Crippen MR) is 44.2 cm³/mol. The fourth-order valence-corrected chi connectivity index (χ4v) is 0.606. The van der Waals surface area contributed by atoms with Crippen LogP contribution in [0.2, 0.25) is 0 Å². The first-order valence-corrected chi connectivity index (χ1v) is 3.74. The summed E-state index contributed by atoms with van der Waals surface area (Å²) in [6, 6.07) is 0. The minimum atomic E-state index is -0.0547. The summed E-state index contributed by atoms with van der Waals surface area (Å²) in [7, 11) is 1.67. The van der Waals surface area contributed by atoms with Crippen LogP contribution in [0.4, 0.5) is 0 Å². The largest absolute Gasteiger partial charge is 0.395 e. The van der Waals surface area contributed by atoms with Crippen molar-refractivity contribution < 1.29 is 9.90 Å². The SMILES string of the molecule is CC/C=C/C(=O)N(C)CCO. The number of nitrogens with zero attached hydrogens (tertiary/aromatic N) is 1. The van der Waals surface area contributed by atoms with Crippen LogP contribution in [0.1, 0.15) is 13.3 Å². The molecule has 0 bridgehead atoms. The van der Waals surface area contributed by atoms with Crippen LogP contribution in [-0.2, 0) is 4.79 Å². The average molecular weight is 157 g/mol. The first kappa shape index (κ1) is 10.2. The fraction of sp³-hybridized carbons (Fsp3) is 0.625. The molecule has 0 unspecified atom stereocenters. The smallest absolute Gasteiger partial charge is 0.246 e. The number of hydrogen-bond acceptors (Lipinski definition) is 2. The van der Waals surface area contributed by atoms with Crippen LogP contribution < -0.4 is 0 Å². The highest BCUT2D eigenvalue weighted by molar-refractivity contribution is 5.87. The summed E-state index contributed by atoms with van der Waals surface area (Å²) >= 11 is 0. The maximum atomic E-state index is 11.0. The van der Waals surface area contributed by atoms with E-state index >= 15 is 0 Å². The summed E-state index contributed by atoms with van der Waals surface area (Å²) in [5.41, 5.74) is 0. The zero-order chi connectivity index (χ0) is 8.69. The van der Waals surface area contributed by atoms with Crippen LogP contribution in [0.15, 0.2) is 12.2 Å². The molecule has 0 rings (SSSR count). The van der Waals surface area contributed by atoms with E-state index in [4.69, 9.17) is 5.11 Å². The Morgan fingerprint density at radius 1 is 1.64 bits per heavy atom. The Balaban J connectivity index is 3.72. The van der Waals surface area contributed by atoms with Gasteiger partial charge in [0.1, 0.15) is 0 Å². The van der Waals surface area contributed by atoms with Gasteiger partial charge in [0.15, 0.2) is 0 Å². The van der Waals surface area contributed by atoms with Gasteiger partial charge in [-0.3, -0.25) is 4.79 Å². The number of carbonyl (C=O) groups excluding carboxylic acids is 1. The molecule has 3 heteroatoms. The van der Waals surface area contributed by atoms with Crippen LogP contribution in [0, 0.1) is 0 Å². The van der Waals surface area contributed by atoms with Crippen molar-refractivity contribution in [1.82, 2.24) is 4.90 Å². The summed E-state index contributed by atoms with van der Waals surface area (Å²) in [6.07, 6.45) is 4.19. The first-order valence-electron chi connectivity index (χ1n) is 3.74. The third kappa shape index (κ3) is 4.56. The van der Waals surface area contributed by atoms with Crippen molar-refractivity contribution >= 4 is 5.91 Å². The van der Waals surface area contributed by atoms with E-state index in [1.165, 1.54) is 11.0 Å². The number of hydrogen-bond donors (Lipinski definition) is 1. The van der Waals surface area contributed by atoms with Gasteiger partial charge >= 0.3 is 0 Å². The second-order valence-corrected chi connectivity index (χ2v) is 2.29. The molecular weight excluding hydrogens is 142 g/mol. The molecule has 1 N–H and O–H groups in total. The lowest BCUT2D eigenvalue weighted by Crippen LogP contribution is -2.27. The summed E-state index contributed by atoms with van der Waals surface area (Å²) < 4.78 is 0. The highest BCUT2D eigenvalue weighted by atomic mass is 16.3. The maximum Gasteiger partial charge on any atom is 0.246 e. The lowest BCUT2D eigenvalue weighted by atomic mass is 10.4. The highest BCUT2D eigenvalue weighted by Crippen LogP contribution is 1.87. The van der Waals surface area contributed by atoms with Gasteiger partial charge in [0.25, 0.3) is 0 Å². The molecule has 0 aliphatic heterocycles. The number of allylic oxidation sites excluding steroid dienone is 1. The van der Waals surface area contributed by atoms with Crippen molar-refractivity contribution in [2.45, 2.75) is 13.3 Å². The van der Waals surface area contributed by atoms with Crippen LogP contribution in [-0.4, -0.2) is 36.1 Å². The Morgan fingerprint density at radius 3 is 2.73 bits per heavy atom. The molecule has 0 saturated carbocycles. The lowest BCUT2D eigenvalue weighted by Gasteiger charge is -2.12. The maximum absolute atomic E-state index is 11.0. The second-order valence-electron chi connectivity index (χ2n) is 2.29. The number of aliphatic hydroxyl groups excluding tert-OH is 1. The van der Waals surface area contributed by atoms with Gasteiger partial charge in [-0.15, -0.1) is 0 Å². The van der Waals surface area contributed by atoms with E-state index in [1.807, 2.05) is 6.92 Å². The van der Waals surface area contributed by atoms with Gasteiger partial charge in [-0.2, -0.15) is 0 Å². The van der Waals surface area contributed by atoms with Gasteiger partial charge in [-0.1, -0.05) is 13.0 Å². The number of carbonyl (C=O) groups is 1. The predicted octanol–water partition coefficient (Wildman–Crippen LogP) is 0.403. The van der Waals surface area contributed by atoms with E-state index < -0.39 is 0 Å². The zero-order valence-corrected chi connectivity index (χ0v) is 7.08. The molecule has 1 amide bonds. The molecule has 0 fully saturated rings. The van der Waals surface area contributed by atoms with Crippen molar-refractivity contribution in [1.29, 1.82) is 0 Å². The van der Waals surface area contributed by atoms with E-state index in [2.05, 4.69) is 0 Å². The third-order valence-corrected chi connectivity index (χ3v) is 1.31. The summed E-state index contributed by atoms with van der Waals surface area (Å²) in [5, 5.41) is 8.49. The number of rotatable bonds is 4. The average Bonchev–Trinajstić information content (AvgIpc) is 2.00. The normalized spacial score (nSPS) is 10.5. The van der Waals surface area contributed by atoms with E-state index in [0.717, 1.165) is 6.42 Å². The van der Waals surface area contributed by atoms with Crippen molar-refractivity contribution in [3.05, 3.63) is 12.2 Å². The van der Waals surface area contributed by atoms with E-state index in [9.17, 15) is 4.79 Å². The number of amides is 1. The summed E-state index contributed by atoms with van der Waals surface area (Å²) in [5.74, 6) is -0.0547. The van der Waals surface area contributed by atoms with Gasteiger partial charge < -0.3 is 10.0 Å². The quantitative estimate of drug-likeness (QED) is 0.600. The minimum Gasteiger partial charge on any atom is -0.395 e. The number of aliphatic hydroxyl groups is 1. The molecule has 0 aliphatic rings. The highest BCUT2D eigenvalue weighted by Gasteiger charge is 2.01. The Bertz CT molecular complexity index is 143. The van der Waals surface area contributed by atoms with Crippen molar-refractivity contribution in [2.24, 2.45) is 0 Å². The van der Waals surface area contributed by atoms with E-state index in [1.54, 1.807) is 13.1 Å². The summed E-state index contributed by atoms with van der Waals surface area (Å²) in [4.78, 5) is 12.5. The monoisotopic (exact) mass is 157 g/mol. The molecule has 0 aliphatic carbocycles. The molecule has 0 spiro atoms. The van der Waals surface area contributed by atoms with Crippen LogP contribution in [0.25, 0.3) is 0 Å². The van der Waals surface area contributed by atoms with Crippen LogP contribution in [0.3, 0.4) is 0 Å². The van der Waals surface area contributed by atoms with Gasteiger partial charge in [0, 0.05) is 13.6 Å². The summed E-state index contributed by atoms with van der Waals surface area (Å²) in [6.45, 7) is 2.38. The van der Waals surface area contributed by atoms with Crippen molar-refractivity contribution in [3.63, 3.8) is 0 Å². The van der Waals surface area contributed by atoms with E-state index in [-0.39, 0.29) is 12.5 Å². The lowest BCUT2D eigenvalue weighted by molar-refractivity contribution is -0.125. The standard InChI is InChI=1S/C8H15NO2/c1-3-4-5-8(11)9(2)6-7-10/h4-5,10H,3,6-7H2,1-2H3/b5-4+. The Morgan fingerprint density at radius 2 is 2.27 bits per heavy atom. The molecule has 0 aromatic heterocycles. The Labute approximate surface area is 67.3 Å². The van der Waals surface area contributed by atoms with Gasteiger partial charge in [0.05, 0.1) is 6.61 Å². The van der Waals surface area contributed by atoms with Gasteiger partial charge in [-0.05, 0) is 12.5 Å². The van der Waals surface area contributed by atoms with Crippen molar-refractivity contribution in [2.75, 3.05) is 20.2 Å². The molecule has 0 atom stereocenters. The van der Waals surface area contributed by atoms with Gasteiger partial charge in [-0.25, -0.2) is 0 Å². The second kappa shape index (κ2) is 5.92. The molecule has 0 aromatic rings. The topological polar surface area (TPSA) is 40.5 Å². The van der Waals surface area contributed by atoms with Crippen LogP contribution in [0.5, 0.6) is 0 Å². The molecule has 0 heterocycles. The molecule has 0 aromatic carbocycles. The molecule has 0 radical (unpaired) electrons. The fourth-order valence-electron chi connectivity index (χ4n) is 0.606. The molecule has 64 valence electrons.